The van der Waals surface area contributed by atoms with E-state index in [1.807, 2.05) is 4.72 Å². The Morgan fingerprint density at radius 1 is 1.24 bits per heavy atom. The third-order valence-electron chi connectivity index (χ3n) is 3.26. The molecular weight excluding hydrogens is 361 g/mol. The molecule has 3 N–H and O–H groups in total. The number of carbonyl (C=O) groups excluding carboxylic acids is 1. The molecule has 1 heterocycles. The first-order valence-corrected chi connectivity index (χ1v) is 8.48. The van der Waals surface area contributed by atoms with Gasteiger partial charge in [0.05, 0.1) is 29.2 Å². The summed E-state index contributed by atoms with van der Waals surface area (Å²) in [4.78, 5) is 11.7. The molecule has 0 saturated carbocycles. The van der Waals surface area contributed by atoms with E-state index in [1.165, 1.54) is 26.0 Å². The summed E-state index contributed by atoms with van der Waals surface area (Å²) < 4.78 is 65.0. The monoisotopic (exact) mass is 376 g/mol. The SMILES string of the molecule is Cc1n[nH]c(C)c1S(=O)(=O)NCC(=O)Nc1ccccc1C(F)(F)F. The van der Waals surface area contributed by atoms with Gasteiger partial charge in [0.25, 0.3) is 0 Å². The highest BCUT2D eigenvalue weighted by molar-refractivity contribution is 7.89. The second-order valence-corrected chi connectivity index (χ2v) is 6.88. The summed E-state index contributed by atoms with van der Waals surface area (Å²) in [5, 5.41) is 8.30. The molecule has 0 radical (unpaired) electrons. The number of amides is 1. The molecule has 0 bridgehead atoms. The van der Waals surface area contributed by atoms with E-state index in [2.05, 4.69) is 15.5 Å². The van der Waals surface area contributed by atoms with E-state index in [-0.39, 0.29) is 16.3 Å². The molecule has 136 valence electrons. The minimum atomic E-state index is -4.64. The second kappa shape index (κ2) is 6.84. The fraction of sp³-hybridized carbons (Fsp3) is 0.286. The highest BCUT2D eigenvalue weighted by atomic mass is 32.2. The molecule has 0 saturated heterocycles. The van der Waals surface area contributed by atoms with Gasteiger partial charge >= 0.3 is 6.18 Å². The van der Waals surface area contributed by atoms with Crippen LogP contribution in [0.3, 0.4) is 0 Å². The topological polar surface area (TPSA) is 104 Å². The number of halogens is 3. The molecule has 1 amide bonds. The summed E-state index contributed by atoms with van der Waals surface area (Å²) in [6.45, 7) is 2.24. The van der Waals surface area contributed by atoms with Crippen LogP contribution in [-0.4, -0.2) is 31.1 Å². The van der Waals surface area contributed by atoms with Gasteiger partial charge in [-0.3, -0.25) is 9.89 Å². The van der Waals surface area contributed by atoms with Crippen molar-refractivity contribution in [3.05, 3.63) is 41.2 Å². The number of nitrogens with zero attached hydrogens (tertiary/aromatic N) is 1. The predicted octanol–water partition coefficient (Wildman–Crippen LogP) is 1.96. The molecule has 0 aliphatic carbocycles. The summed E-state index contributed by atoms with van der Waals surface area (Å²) in [6, 6.07) is 4.41. The number of anilines is 1. The first kappa shape index (κ1) is 18.9. The fourth-order valence-electron chi connectivity index (χ4n) is 2.20. The number of sulfonamides is 1. The minimum absolute atomic E-state index is 0.101. The Kier molecular flexibility index (Phi) is 5.18. The van der Waals surface area contributed by atoms with Crippen LogP contribution < -0.4 is 10.0 Å². The third-order valence-corrected chi connectivity index (χ3v) is 4.92. The number of alkyl halides is 3. The van der Waals surface area contributed by atoms with E-state index < -0.39 is 39.9 Å². The molecule has 0 aliphatic heterocycles. The lowest BCUT2D eigenvalue weighted by molar-refractivity contribution is -0.137. The quantitative estimate of drug-likeness (QED) is 0.742. The van der Waals surface area contributed by atoms with E-state index in [0.29, 0.717) is 0 Å². The first-order chi connectivity index (χ1) is 11.5. The number of H-pyrrole nitrogens is 1. The first-order valence-electron chi connectivity index (χ1n) is 6.99. The molecular formula is C14H15F3N4O3S. The van der Waals surface area contributed by atoms with Crippen LogP contribution in [-0.2, 0) is 21.0 Å². The highest BCUT2D eigenvalue weighted by Crippen LogP contribution is 2.34. The highest BCUT2D eigenvalue weighted by Gasteiger charge is 2.33. The Bertz CT molecular complexity index is 871. The number of hydrogen-bond donors (Lipinski definition) is 3. The Morgan fingerprint density at radius 3 is 2.44 bits per heavy atom. The van der Waals surface area contributed by atoms with Crippen molar-refractivity contribution in [2.24, 2.45) is 0 Å². The number of benzene rings is 1. The number of aromatic amines is 1. The largest absolute Gasteiger partial charge is 0.418 e. The summed E-state index contributed by atoms with van der Waals surface area (Å²) in [7, 11) is -4.03. The molecule has 1 aromatic carbocycles. The van der Waals surface area contributed by atoms with Crippen molar-refractivity contribution in [3.63, 3.8) is 0 Å². The van der Waals surface area contributed by atoms with Gasteiger partial charge in [0.2, 0.25) is 15.9 Å². The summed E-state index contributed by atoms with van der Waals surface area (Å²) in [5.74, 6) is -0.931. The molecule has 0 fully saturated rings. The van der Waals surface area contributed by atoms with Gasteiger partial charge in [-0.1, -0.05) is 12.1 Å². The average molecular weight is 376 g/mol. The number of carbonyl (C=O) groups is 1. The Morgan fingerprint density at radius 2 is 1.88 bits per heavy atom. The Hall–Kier alpha value is -2.40. The van der Waals surface area contributed by atoms with E-state index in [9.17, 15) is 26.4 Å². The van der Waals surface area contributed by atoms with Gasteiger partial charge in [-0.05, 0) is 26.0 Å². The Balaban J connectivity index is 2.10. The number of hydrogen-bond acceptors (Lipinski definition) is 4. The van der Waals surface area contributed by atoms with Gasteiger partial charge < -0.3 is 5.32 Å². The molecule has 0 spiro atoms. The van der Waals surface area contributed by atoms with Crippen LogP contribution >= 0.6 is 0 Å². The molecule has 0 aliphatic rings. The molecule has 0 atom stereocenters. The standard InChI is InChI=1S/C14H15F3N4O3S/c1-8-13(9(2)21-20-8)25(23,24)18-7-12(22)19-11-6-4-3-5-10(11)14(15,16)17/h3-6,18H,7H2,1-2H3,(H,19,22)(H,20,21). The average Bonchev–Trinajstić information content (AvgIpc) is 2.84. The molecule has 25 heavy (non-hydrogen) atoms. The van der Waals surface area contributed by atoms with Crippen molar-refractivity contribution in [3.8, 4) is 0 Å². The zero-order chi connectivity index (χ0) is 18.8. The van der Waals surface area contributed by atoms with Crippen molar-refractivity contribution in [1.82, 2.24) is 14.9 Å². The summed E-state index contributed by atoms with van der Waals surface area (Å²) in [5.41, 5.74) is -0.969. The zero-order valence-electron chi connectivity index (χ0n) is 13.2. The van der Waals surface area contributed by atoms with Gasteiger partial charge in [-0.15, -0.1) is 0 Å². The van der Waals surface area contributed by atoms with Gasteiger partial charge in [-0.25, -0.2) is 13.1 Å². The predicted molar refractivity (Wildman–Crippen MR) is 83.3 cm³/mol. The van der Waals surface area contributed by atoms with E-state index in [4.69, 9.17) is 0 Å². The van der Waals surface area contributed by atoms with Crippen LogP contribution in [0.2, 0.25) is 0 Å². The normalized spacial score (nSPS) is 12.2. The van der Waals surface area contributed by atoms with Crippen LogP contribution in [0.1, 0.15) is 17.0 Å². The number of rotatable bonds is 5. The van der Waals surface area contributed by atoms with Crippen molar-refractivity contribution >= 4 is 21.6 Å². The number of aryl methyl sites for hydroxylation is 2. The maximum absolute atomic E-state index is 12.9. The molecule has 2 aromatic rings. The lowest BCUT2D eigenvalue weighted by atomic mass is 10.1. The molecule has 2 rings (SSSR count). The molecule has 1 aromatic heterocycles. The lowest BCUT2D eigenvalue weighted by Gasteiger charge is -2.13. The third kappa shape index (κ3) is 4.37. The zero-order valence-corrected chi connectivity index (χ0v) is 14.0. The van der Waals surface area contributed by atoms with Crippen LogP contribution in [0.5, 0.6) is 0 Å². The smallest absolute Gasteiger partial charge is 0.324 e. The minimum Gasteiger partial charge on any atom is -0.324 e. The lowest BCUT2D eigenvalue weighted by Crippen LogP contribution is -2.33. The number of para-hydroxylation sites is 1. The van der Waals surface area contributed by atoms with Gasteiger partial charge in [0.1, 0.15) is 4.90 Å². The fourth-order valence-corrected chi connectivity index (χ4v) is 3.55. The van der Waals surface area contributed by atoms with Gasteiger partial charge in [0, 0.05) is 0 Å². The van der Waals surface area contributed by atoms with Crippen molar-refractivity contribution < 1.29 is 26.4 Å². The van der Waals surface area contributed by atoms with Gasteiger partial charge in [0.15, 0.2) is 0 Å². The molecule has 0 unspecified atom stereocenters. The van der Waals surface area contributed by atoms with E-state index in [0.717, 1.165) is 12.1 Å². The maximum atomic E-state index is 12.9. The van der Waals surface area contributed by atoms with Gasteiger partial charge in [-0.2, -0.15) is 18.3 Å². The second-order valence-electron chi connectivity index (χ2n) is 5.18. The van der Waals surface area contributed by atoms with Crippen LogP contribution in [0.15, 0.2) is 29.2 Å². The van der Waals surface area contributed by atoms with Crippen LogP contribution in [0, 0.1) is 13.8 Å². The van der Waals surface area contributed by atoms with E-state index in [1.54, 1.807) is 0 Å². The van der Waals surface area contributed by atoms with Crippen molar-refractivity contribution in [2.45, 2.75) is 24.9 Å². The van der Waals surface area contributed by atoms with E-state index >= 15 is 0 Å². The summed E-state index contributed by atoms with van der Waals surface area (Å²) >= 11 is 0. The summed E-state index contributed by atoms with van der Waals surface area (Å²) in [6.07, 6.45) is -4.64. The van der Waals surface area contributed by atoms with Crippen LogP contribution in [0.25, 0.3) is 0 Å². The maximum Gasteiger partial charge on any atom is 0.418 e. The van der Waals surface area contributed by atoms with Crippen molar-refractivity contribution in [1.29, 1.82) is 0 Å². The molecule has 7 nitrogen and oxygen atoms in total. The number of aromatic nitrogens is 2. The Labute approximate surface area is 141 Å². The van der Waals surface area contributed by atoms with Crippen LogP contribution in [0.4, 0.5) is 18.9 Å². The van der Waals surface area contributed by atoms with Crippen molar-refractivity contribution in [2.75, 3.05) is 11.9 Å². The molecule has 11 heteroatoms. The number of nitrogens with one attached hydrogen (secondary N) is 3.